The van der Waals surface area contributed by atoms with Crippen molar-refractivity contribution in [3.05, 3.63) is 75.6 Å². The zero-order valence-corrected chi connectivity index (χ0v) is 16.6. The molecule has 2 atom stereocenters. The number of aromatic nitrogens is 2. The first-order valence-electron chi connectivity index (χ1n) is 10.00. The molecule has 1 N–H and O–H groups in total. The summed E-state index contributed by atoms with van der Waals surface area (Å²) in [6, 6.07) is 11.9. The van der Waals surface area contributed by atoms with Crippen LogP contribution in [0.4, 0.5) is 4.39 Å². The normalized spacial score (nSPS) is 19.1. The molecular formula is C23H24FN3O2. The van der Waals surface area contributed by atoms with Crippen LogP contribution in [-0.2, 0) is 6.42 Å². The van der Waals surface area contributed by atoms with Crippen LogP contribution in [0.25, 0.3) is 10.9 Å². The Morgan fingerprint density at radius 2 is 1.97 bits per heavy atom. The molecule has 0 saturated carbocycles. The van der Waals surface area contributed by atoms with Crippen LogP contribution in [0, 0.1) is 12.7 Å². The number of rotatable bonds is 4. The monoisotopic (exact) mass is 393 g/mol. The van der Waals surface area contributed by atoms with Gasteiger partial charge in [-0.15, -0.1) is 0 Å². The van der Waals surface area contributed by atoms with Crippen molar-refractivity contribution in [2.24, 2.45) is 0 Å². The van der Waals surface area contributed by atoms with Crippen LogP contribution in [0.1, 0.15) is 47.9 Å². The second kappa shape index (κ2) is 7.78. The fraction of sp³-hybridized carbons (Fsp3) is 0.348. The summed E-state index contributed by atoms with van der Waals surface area (Å²) in [5.41, 5.74) is 1.96. The molecule has 3 aromatic rings. The van der Waals surface area contributed by atoms with Crippen molar-refractivity contribution < 1.29 is 9.18 Å². The molecule has 1 aliphatic rings. The predicted octanol–water partition coefficient (Wildman–Crippen LogP) is 4.00. The molecular weight excluding hydrogens is 369 g/mol. The Hall–Kier alpha value is -3.02. The van der Waals surface area contributed by atoms with Crippen LogP contribution in [0.3, 0.4) is 0 Å². The number of carbonyl (C=O) groups excluding carboxylic acids is 1. The Morgan fingerprint density at radius 1 is 1.21 bits per heavy atom. The quantitative estimate of drug-likeness (QED) is 0.729. The van der Waals surface area contributed by atoms with Gasteiger partial charge >= 0.3 is 0 Å². The molecule has 6 heteroatoms. The molecule has 0 radical (unpaired) electrons. The van der Waals surface area contributed by atoms with Gasteiger partial charge in [-0.3, -0.25) is 9.59 Å². The van der Waals surface area contributed by atoms with E-state index in [2.05, 4.69) is 16.9 Å². The van der Waals surface area contributed by atoms with E-state index in [4.69, 9.17) is 0 Å². The number of H-pyrrole nitrogens is 1. The minimum absolute atomic E-state index is 0.0271. The molecule has 4 rings (SSSR count). The molecule has 1 fully saturated rings. The molecule has 2 heterocycles. The van der Waals surface area contributed by atoms with Crippen molar-refractivity contribution in [2.75, 3.05) is 0 Å². The lowest BCUT2D eigenvalue weighted by molar-refractivity contribution is 0.0673. The van der Waals surface area contributed by atoms with E-state index in [-0.39, 0.29) is 29.4 Å². The van der Waals surface area contributed by atoms with E-state index in [1.165, 1.54) is 12.1 Å². The van der Waals surface area contributed by atoms with Gasteiger partial charge in [0.2, 0.25) is 0 Å². The summed E-state index contributed by atoms with van der Waals surface area (Å²) < 4.78 is 13.1. The third kappa shape index (κ3) is 3.92. The highest BCUT2D eigenvalue weighted by Gasteiger charge is 2.34. The molecule has 1 aromatic heterocycles. The molecule has 5 nitrogen and oxygen atoms in total. The maximum atomic E-state index is 13.3. The Labute approximate surface area is 168 Å². The number of halogens is 1. The molecule has 1 amide bonds. The summed E-state index contributed by atoms with van der Waals surface area (Å²) in [5.74, 6) is 0.263. The van der Waals surface area contributed by atoms with Gasteiger partial charge in [0.05, 0.1) is 10.9 Å². The van der Waals surface area contributed by atoms with Crippen molar-refractivity contribution in [1.29, 1.82) is 0 Å². The number of aryl methyl sites for hydroxylation is 2. The Bertz CT molecular complexity index is 1110. The number of carbonyl (C=O) groups is 1. The summed E-state index contributed by atoms with van der Waals surface area (Å²) in [5, 5.41) is 0.481. The number of nitrogens with one attached hydrogen (secondary N) is 1. The van der Waals surface area contributed by atoms with Crippen molar-refractivity contribution in [3.63, 3.8) is 0 Å². The van der Waals surface area contributed by atoms with E-state index in [0.29, 0.717) is 22.3 Å². The SMILES string of the molecule is Cc1nc2cc(C(=O)N3[C@@H](CCc4ccc(F)cc4)CC[C@H]3C)ccc2c(=O)[nH]1. The number of benzene rings is 2. The van der Waals surface area contributed by atoms with Gasteiger partial charge in [0, 0.05) is 17.6 Å². The van der Waals surface area contributed by atoms with Gasteiger partial charge in [0.1, 0.15) is 11.6 Å². The first-order chi connectivity index (χ1) is 13.9. The number of nitrogens with zero attached hydrogens (tertiary/aromatic N) is 2. The molecule has 1 saturated heterocycles. The first kappa shape index (κ1) is 19.3. The van der Waals surface area contributed by atoms with Gasteiger partial charge in [-0.05, 0) is 75.4 Å². The van der Waals surface area contributed by atoms with Crippen LogP contribution < -0.4 is 5.56 Å². The van der Waals surface area contributed by atoms with E-state index in [1.54, 1.807) is 37.3 Å². The van der Waals surface area contributed by atoms with Gasteiger partial charge < -0.3 is 9.88 Å². The van der Waals surface area contributed by atoms with E-state index in [1.807, 2.05) is 4.90 Å². The third-order valence-corrected chi connectivity index (χ3v) is 5.77. The number of hydrogen-bond acceptors (Lipinski definition) is 3. The molecule has 0 spiro atoms. The van der Waals surface area contributed by atoms with E-state index >= 15 is 0 Å². The fourth-order valence-electron chi connectivity index (χ4n) is 4.24. The van der Waals surface area contributed by atoms with Crippen LogP contribution >= 0.6 is 0 Å². The average Bonchev–Trinajstić information content (AvgIpc) is 3.06. The summed E-state index contributed by atoms with van der Waals surface area (Å²) in [6.45, 7) is 3.80. The first-order valence-corrected chi connectivity index (χ1v) is 10.00. The highest BCUT2D eigenvalue weighted by atomic mass is 19.1. The number of likely N-dealkylation sites (tertiary alicyclic amines) is 1. The van der Waals surface area contributed by atoms with Crippen LogP contribution in [0.2, 0.25) is 0 Å². The second-order valence-electron chi connectivity index (χ2n) is 7.84. The van der Waals surface area contributed by atoms with Gasteiger partial charge in [-0.2, -0.15) is 0 Å². The minimum Gasteiger partial charge on any atom is -0.333 e. The summed E-state index contributed by atoms with van der Waals surface area (Å²) in [4.78, 5) is 34.4. The Balaban J connectivity index is 1.56. The average molecular weight is 393 g/mol. The standard InChI is InChI=1S/C23H24FN3O2/c1-14-3-10-19(11-6-16-4-8-18(24)9-5-16)27(14)23(29)17-7-12-20-21(13-17)25-15(2)26-22(20)28/h4-5,7-9,12-14,19H,3,6,10-11H2,1-2H3,(H,25,26,28)/t14-,19-/m1/s1. The molecule has 0 aliphatic carbocycles. The topological polar surface area (TPSA) is 66.1 Å². The lowest BCUT2D eigenvalue weighted by atomic mass is 10.0. The van der Waals surface area contributed by atoms with Crippen LogP contribution in [-0.4, -0.2) is 32.9 Å². The maximum absolute atomic E-state index is 13.3. The number of amides is 1. The summed E-state index contributed by atoms with van der Waals surface area (Å²) >= 11 is 0. The van der Waals surface area contributed by atoms with Crippen molar-refractivity contribution in [1.82, 2.24) is 14.9 Å². The van der Waals surface area contributed by atoms with Crippen LogP contribution in [0.5, 0.6) is 0 Å². The van der Waals surface area contributed by atoms with Gasteiger partial charge in [0.15, 0.2) is 0 Å². The lowest BCUT2D eigenvalue weighted by Crippen LogP contribution is -2.40. The Kier molecular flexibility index (Phi) is 5.18. The molecule has 0 unspecified atom stereocenters. The largest absolute Gasteiger partial charge is 0.333 e. The summed E-state index contributed by atoms with van der Waals surface area (Å²) in [6.07, 6.45) is 3.56. The lowest BCUT2D eigenvalue weighted by Gasteiger charge is -2.29. The van der Waals surface area contributed by atoms with E-state index in [0.717, 1.165) is 31.2 Å². The number of fused-ring (bicyclic) bond motifs is 1. The zero-order chi connectivity index (χ0) is 20.5. The molecule has 0 bridgehead atoms. The molecule has 1 aliphatic heterocycles. The van der Waals surface area contributed by atoms with Gasteiger partial charge in [0.25, 0.3) is 11.5 Å². The van der Waals surface area contributed by atoms with Crippen molar-refractivity contribution in [3.8, 4) is 0 Å². The molecule has 2 aromatic carbocycles. The molecule has 29 heavy (non-hydrogen) atoms. The second-order valence-corrected chi connectivity index (χ2v) is 7.84. The van der Waals surface area contributed by atoms with E-state index in [9.17, 15) is 14.0 Å². The number of hydrogen-bond donors (Lipinski definition) is 1. The Morgan fingerprint density at radius 3 is 2.72 bits per heavy atom. The number of aromatic amines is 1. The van der Waals surface area contributed by atoms with E-state index < -0.39 is 0 Å². The van der Waals surface area contributed by atoms with Crippen molar-refractivity contribution >= 4 is 16.8 Å². The predicted molar refractivity (Wildman–Crippen MR) is 110 cm³/mol. The highest BCUT2D eigenvalue weighted by Crippen LogP contribution is 2.29. The maximum Gasteiger partial charge on any atom is 0.258 e. The smallest absolute Gasteiger partial charge is 0.258 e. The van der Waals surface area contributed by atoms with Crippen LogP contribution in [0.15, 0.2) is 47.3 Å². The van der Waals surface area contributed by atoms with Crippen molar-refractivity contribution in [2.45, 2.75) is 51.6 Å². The fourth-order valence-corrected chi connectivity index (χ4v) is 4.24. The van der Waals surface area contributed by atoms with Gasteiger partial charge in [-0.25, -0.2) is 9.37 Å². The molecule has 150 valence electrons. The highest BCUT2D eigenvalue weighted by molar-refractivity contribution is 5.98. The minimum atomic E-state index is -0.237. The zero-order valence-electron chi connectivity index (χ0n) is 16.6. The van der Waals surface area contributed by atoms with Gasteiger partial charge in [-0.1, -0.05) is 12.1 Å². The summed E-state index contributed by atoms with van der Waals surface area (Å²) in [7, 11) is 0. The third-order valence-electron chi connectivity index (χ3n) is 5.77.